The molecule has 0 aliphatic heterocycles. The van der Waals surface area contributed by atoms with Crippen LogP contribution in [0.2, 0.25) is 0 Å². The first-order valence-corrected chi connectivity index (χ1v) is 4.51. The number of hydrogen-bond acceptors (Lipinski definition) is 0. The minimum Gasteiger partial charge on any atom is -0.0651 e. The van der Waals surface area contributed by atoms with Crippen molar-refractivity contribution in [2.24, 2.45) is 0 Å². The average molecular weight is 140 g/mol. The van der Waals surface area contributed by atoms with Gasteiger partial charge < -0.3 is 0 Å². The molecule has 1 aliphatic carbocycles. The van der Waals surface area contributed by atoms with Crippen LogP contribution in [-0.2, 0) is 0 Å². The lowest BCUT2D eigenvalue weighted by molar-refractivity contribution is 0.593. The highest BCUT2D eigenvalue weighted by atomic mass is 14.0. The van der Waals surface area contributed by atoms with E-state index in [4.69, 9.17) is 0 Å². The molecule has 0 aromatic rings. The van der Waals surface area contributed by atoms with Crippen LogP contribution in [0.3, 0.4) is 0 Å². The fourth-order valence-electron chi connectivity index (χ4n) is 0.898. The molecule has 0 atom stereocenters. The van der Waals surface area contributed by atoms with E-state index < -0.39 is 0 Å². The third-order valence-electron chi connectivity index (χ3n) is 1.72. The van der Waals surface area contributed by atoms with Crippen molar-refractivity contribution in [2.45, 2.75) is 52.4 Å². The Morgan fingerprint density at radius 2 is 1.70 bits per heavy atom. The molecule has 0 nitrogen and oxygen atoms in total. The molecular formula is C10H20. The van der Waals surface area contributed by atoms with Crippen LogP contribution in [0.1, 0.15) is 52.4 Å². The number of rotatable bonds is 1. The second kappa shape index (κ2) is 9.00. The molecular weight excluding hydrogens is 120 g/mol. The fourth-order valence-corrected chi connectivity index (χ4v) is 0.898. The molecule has 0 N–H and O–H groups in total. The van der Waals surface area contributed by atoms with Crippen LogP contribution in [0.15, 0.2) is 0 Å². The van der Waals surface area contributed by atoms with Gasteiger partial charge in [0, 0.05) is 0 Å². The minimum absolute atomic E-state index is 1.19. The Morgan fingerprint density at radius 3 is 1.80 bits per heavy atom. The second-order valence-electron chi connectivity index (χ2n) is 2.74. The maximum absolute atomic E-state index is 2.39. The molecule has 1 aliphatic rings. The summed E-state index contributed by atoms with van der Waals surface area (Å²) in [4.78, 5) is 0. The summed E-state index contributed by atoms with van der Waals surface area (Å²) in [5.41, 5.74) is 0. The van der Waals surface area contributed by atoms with E-state index >= 15 is 0 Å². The Morgan fingerprint density at radius 1 is 1.20 bits per heavy atom. The summed E-state index contributed by atoms with van der Waals surface area (Å²) < 4.78 is 0. The smallest absolute Gasteiger partial charge is 0.0386 e. The molecule has 0 heterocycles. The topological polar surface area (TPSA) is 0 Å². The van der Waals surface area contributed by atoms with E-state index in [1.54, 1.807) is 0 Å². The highest BCUT2D eigenvalue weighted by molar-refractivity contribution is 4.69. The van der Waals surface area contributed by atoms with Gasteiger partial charge in [-0.05, 0) is 12.8 Å². The van der Waals surface area contributed by atoms with Crippen molar-refractivity contribution in [1.29, 1.82) is 0 Å². The summed E-state index contributed by atoms with van der Waals surface area (Å²) in [6.07, 6.45) is 12.8. The third-order valence-corrected chi connectivity index (χ3v) is 1.72. The van der Waals surface area contributed by atoms with E-state index in [1.165, 1.54) is 38.5 Å². The quantitative estimate of drug-likeness (QED) is 0.520. The van der Waals surface area contributed by atoms with Crippen LogP contribution in [0.25, 0.3) is 0 Å². The molecule has 1 fully saturated rings. The Bertz CT molecular complexity index is 30.5. The molecule has 1 rings (SSSR count). The standard InChI is InChI=1S/C6H11.C4H9/c1-2-4-6-5-3-1;1-3-4-2/h1H,2-6H2;3H,4H2,1-2H3. The first-order valence-electron chi connectivity index (χ1n) is 4.51. The van der Waals surface area contributed by atoms with Crippen molar-refractivity contribution < 1.29 is 0 Å². The zero-order valence-electron chi connectivity index (χ0n) is 7.40. The summed E-state index contributed by atoms with van der Waals surface area (Å²) in [7, 11) is 0. The van der Waals surface area contributed by atoms with E-state index in [0.29, 0.717) is 0 Å². The van der Waals surface area contributed by atoms with Crippen molar-refractivity contribution in [1.82, 2.24) is 0 Å². The lowest BCUT2D eigenvalue weighted by atomic mass is 10.0. The average Bonchev–Trinajstić information content (AvgIpc) is 2.08. The summed E-state index contributed by atoms with van der Waals surface area (Å²) in [6.45, 7) is 4.18. The van der Waals surface area contributed by atoms with E-state index in [0.717, 1.165) is 0 Å². The van der Waals surface area contributed by atoms with Gasteiger partial charge in [-0.3, -0.25) is 0 Å². The predicted molar refractivity (Wildman–Crippen MR) is 47.7 cm³/mol. The highest BCUT2D eigenvalue weighted by Crippen LogP contribution is 2.14. The molecule has 60 valence electrons. The predicted octanol–water partition coefficient (Wildman–Crippen LogP) is 3.78. The van der Waals surface area contributed by atoms with Crippen molar-refractivity contribution >= 4 is 0 Å². The Labute approximate surface area is 66.0 Å². The van der Waals surface area contributed by atoms with E-state index in [1.807, 2.05) is 0 Å². The lowest BCUT2D eigenvalue weighted by Gasteiger charge is -2.05. The van der Waals surface area contributed by atoms with E-state index in [-0.39, 0.29) is 0 Å². The van der Waals surface area contributed by atoms with Crippen molar-refractivity contribution in [3.63, 3.8) is 0 Å². The van der Waals surface area contributed by atoms with Crippen LogP contribution >= 0.6 is 0 Å². The minimum atomic E-state index is 1.19. The maximum atomic E-state index is 2.39. The van der Waals surface area contributed by atoms with Crippen molar-refractivity contribution in [2.75, 3.05) is 0 Å². The molecule has 2 radical (unpaired) electrons. The second-order valence-corrected chi connectivity index (χ2v) is 2.74. The zero-order chi connectivity index (χ0) is 7.66. The first-order chi connectivity index (χ1) is 4.91. The molecule has 0 saturated heterocycles. The molecule has 0 amide bonds. The van der Waals surface area contributed by atoms with Crippen LogP contribution in [0.5, 0.6) is 0 Å². The molecule has 0 aromatic carbocycles. The van der Waals surface area contributed by atoms with Crippen LogP contribution < -0.4 is 0 Å². The Balaban J connectivity index is 0.000000180. The Kier molecular flexibility index (Phi) is 9.00. The van der Waals surface area contributed by atoms with Crippen molar-refractivity contribution in [3.8, 4) is 0 Å². The van der Waals surface area contributed by atoms with Crippen LogP contribution in [-0.4, -0.2) is 0 Å². The van der Waals surface area contributed by atoms with E-state index in [9.17, 15) is 0 Å². The molecule has 0 heteroatoms. The summed E-state index contributed by atoms with van der Waals surface area (Å²) in [5.74, 6) is 0. The van der Waals surface area contributed by atoms with Gasteiger partial charge in [0.2, 0.25) is 0 Å². The zero-order valence-corrected chi connectivity index (χ0v) is 7.40. The normalized spacial score (nSPS) is 17.4. The Hall–Kier alpha value is 0. The summed E-state index contributed by atoms with van der Waals surface area (Å²) >= 11 is 0. The molecule has 0 bridgehead atoms. The third kappa shape index (κ3) is 8.00. The molecule has 0 aromatic heterocycles. The van der Waals surface area contributed by atoms with Gasteiger partial charge in [0.25, 0.3) is 0 Å². The largest absolute Gasteiger partial charge is 0.0651 e. The number of unbranched alkanes of at least 4 members (excludes halogenated alkanes) is 1. The van der Waals surface area contributed by atoms with Gasteiger partial charge in [-0.1, -0.05) is 52.4 Å². The van der Waals surface area contributed by atoms with Crippen molar-refractivity contribution in [3.05, 3.63) is 12.8 Å². The van der Waals surface area contributed by atoms with Gasteiger partial charge in [0.05, 0.1) is 0 Å². The van der Waals surface area contributed by atoms with Gasteiger partial charge in [-0.2, -0.15) is 0 Å². The van der Waals surface area contributed by atoms with E-state index in [2.05, 4.69) is 26.7 Å². The molecule has 10 heavy (non-hydrogen) atoms. The molecule has 0 spiro atoms. The van der Waals surface area contributed by atoms with Crippen LogP contribution in [0.4, 0.5) is 0 Å². The molecule has 0 unspecified atom stereocenters. The van der Waals surface area contributed by atoms with Gasteiger partial charge in [-0.25, -0.2) is 0 Å². The summed E-state index contributed by atoms with van der Waals surface area (Å²) in [6, 6.07) is 0. The highest BCUT2D eigenvalue weighted by Gasteiger charge is 1.95. The monoisotopic (exact) mass is 140 g/mol. The van der Waals surface area contributed by atoms with Gasteiger partial charge >= 0.3 is 0 Å². The van der Waals surface area contributed by atoms with Gasteiger partial charge in [0.15, 0.2) is 0 Å². The number of hydrogen-bond donors (Lipinski definition) is 0. The molecule has 1 saturated carbocycles. The van der Waals surface area contributed by atoms with Crippen LogP contribution in [0, 0.1) is 12.8 Å². The van der Waals surface area contributed by atoms with Gasteiger partial charge in [-0.15, -0.1) is 0 Å². The lowest BCUT2D eigenvalue weighted by Crippen LogP contribution is -1.87. The summed E-state index contributed by atoms with van der Waals surface area (Å²) in [5, 5.41) is 0. The maximum Gasteiger partial charge on any atom is -0.0386 e. The SMILES string of the molecule is C[CH]CC.[CH]1CCCCC1. The fraction of sp³-hybridized carbons (Fsp3) is 0.800. The first kappa shape index (κ1) is 10.0. The van der Waals surface area contributed by atoms with Gasteiger partial charge in [0.1, 0.15) is 0 Å².